The van der Waals surface area contributed by atoms with Gasteiger partial charge in [0.15, 0.2) is 11.8 Å². The number of nitrogens with zero attached hydrogens (tertiary/aromatic N) is 2. The number of carboxylic acids is 1. The number of hydrogen-bond donors (Lipinski definition) is 6. The molecule has 2 heterocycles. The molecule has 41 heavy (non-hydrogen) atoms. The second-order valence-electron chi connectivity index (χ2n) is 8.91. The number of halogens is 6. The third kappa shape index (κ3) is 7.19. The van der Waals surface area contributed by atoms with Gasteiger partial charge in [0.25, 0.3) is 5.91 Å². The Labute approximate surface area is 232 Å². The Kier molecular flexibility index (Phi) is 8.60. The summed E-state index contributed by atoms with van der Waals surface area (Å²) in [5.41, 5.74) is -1.22. The number of benzene rings is 2. The monoisotopic (exact) mass is 601 g/mol. The number of fused-ring (bicyclic) bond motifs is 1. The van der Waals surface area contributed by atoms with Gasteiger partial charge in [-0.05, 0) is 29.8 Å². The summed E-state index contributed by atoms with van der Waals surface area (Å²) >= 11 is 5.59. The van der Waals surface area contributed by atoms with Crippen molar-refractivity contribution in [3.8, 4) is 0 Å². The second-order valence-corrected chi connectivity index (χ2v) is 9.32. The van der Waals surface area contributed by atoms with Crippen LogP contribution in [0, 0.1) is 5.82 Å². The number of carboxylic acid groups (broad SMARTS) is 1. The van der Waals surface area contributed by atoms with Crippen molar-refractivity contribution in [3.63, 3.8) is 0 Å². The molecule has 0 radical (unpaired) electrons. The molecule has 11 nitrogen and oxygen atoms in total. The van der Waals surface area contributed by atoms with E-state index in [-0.39, 0.29) is 24.6 Å². The molecule has 6 N–H and O–H groups in total. The van der Waals surface area contributed by atoms with Gasteiger partial charge in [-0.15, -0.1) is 0 Å². The number of aromatic amines is 1. The van der Waals surface area contributed by atoms with Gasteiger partial charge in [-0.25, -0.2) is 13.8 Å². The maximum absolute atomic E-state index is 14.0. The summed E-state index contributed by atoms with van der Waals surface area (Å²) in [6.07, 6.45) is -5.64. The van der Waals surface area contributed by atoms with Crippen molar-refractivity contribution < 1.29 is 41.4 Å². The van der Waals surface area contributed by atoms with Gasteiger partial charge in [-0.3, -0.25) is 19.5 Å². The first-order valence-corrected chi connectivity index (χ1v) is 12.2. The van der Waals surface area contributed by atoms with E-state index in [0.29, 0.717) is 22.7 Å². The van der Waals surface area contributed by atoms with Crippen LogP contribution >= 0.6 is 11.6 Å². The highest BCUT2D eigenvalue weighted by atomic mass is 35.5. The van der Waals surface area contributed by atoms with Crippen LogP contribution in [-0.4, -0.2) is 64.9 Å². The van der Waals surface area contributed by atoms with E-state index in [4.69, 9.17) is 11.6 Å². The van der Waals surface area contributed by atoms with Crippen molar-refractivity contribution >= 4 is 51.9 Å². The van der Waals surface area contributed by atoms with Crippen molar-refractivity contribution in [1.82, 2.24) is 26.1 Å². The van der Waals surface area contributed by atoms with Crippen LogP contribution in [0.4, 0.5) is 27.6 Å². The molecule has 0 aliphatic carbocycles. The predicted octanol–water partition coefficient (Wildman–Crippen LogP) is 3.15. The number of carbonyl (C=O) groups excluding carboxylic acids is 2. The van der Waals surface area contributed by atoms with Crippen LogP contribution in [-0.2, 0) is 15.8 Å². The van der Waals surface area contributed by atoms with Gasteiger partial charge in [0.1, 0.15) is 6.17 Å². The smallest absolute Gasteiger partial charge is 0.419 e. The Morgan fingerprint density at radius 1 is 1.20 bits per heavy atom. The molecule has 4 rings (SSSR count). The largest absolute Gasteiger partial charge is 0.481 e. The summed E-state index contributed by atoms with van der Waals surface area (Å²) in [6.45, 7) is -0.699. The molecule has 3 aromatic rings. The van der Waals surface area contributed by atoms with Gasteiger partial charge < -0.3 is 26.4 Å². The fraction of sp³-hybridized carbons (Fsp3) is 0.292. The molecule has 1 aliphatic heterocycles. The lowest BCUT2D eigenvalue weighted by Gasteiger charge is -2.20. The van der Waals surface area contributed by atoms with Crippen LogP contribution in [0.3, 0.4) is 0 Å². The average Bonchev–Trinajstić information content (AvgIpc) is 3.38. The second kappa shape index (κ2) is 12.0. The number of rotatable bonds is 8. The molecule has 1 aromatic heterocycles. The van der Waals surface area contributed by atoms with Crippen molar-refractivity contribution in [2.24, 2.45) is 4.99 Å². The van der Waals surface area contributed by atoms with Crippen LogP contribution in [0.15, 0.2) is 35.5 Å². The third-order valence-corrected chi connectivity index (χ3v) is 6.17. The highest BCUT2D eigenvalue weighted by molar-refractivity contribution is 6.30. The lowest BCUT2D eigenvalue weighted by atomic mass is 10.0. The Hall–Kier alpha value is -4.47. The van der Waals surface area contributed by atoms with Crippen molar-refractivity contribution in [2.45, 2.75) is 24.8 Å². The Morgan fingerprint density at radius 2 is 1.95 bits per heavy atom. The number of aliphatic imine (C=N–C) groups is 1. The SMILES string of the molecule is O=C(O)CC(NC(=O)CNC(=O)c1cc(NC2=NCC(F)CN2)c2cn[nH]c2c1)c1cc(Cl)c(F)c(C(F)(F)F)c1. The van der Waals surface area contributed by atoms with E-state index >= 15 is 0 Å². The molecule has 17 heteroatoms. The normalized spacial score (nSPS) is 16.0. The molecule has 0 saturated carbocycles. The maximum Gasteiger partial charge on any atom is 0.419 e. The summed E-state index contributed by atoms with van der Waals surface area (Å²) in [5, 5.41) is 25.8. The van der Waals surface area contributed by atoms with E-state index in [1.807, 2.05) is 0 Å². The number of anilines is 1. The maximum atomic E-state index is 14.0. The Bertz CT molecular complexity index is 1530. The fourth-order valence-electron chi connectivity index (χ4n) is 3.97. The van der Waals surface area contributed by atoms with Crippen molar-refractivity contribution in [1.29, 1.82) is 0 Å². The highest BCUT2D eigenvalue weighted by Crippen LogP contribution is 2.36. The minimum absolute atomic E-state index is 0.0418. The molecule has 218 valence electrons. The molecule has 2 unspecified atom stereocenters. The summed E-state index contributed by atoms with van der Waals surface area (Å²) in [5.74, 6) is -4.61. The number of aliphatic carboxylic acids is 1. The molecule has 2 atom stereocenters. The van der Waals surface area contributed by atoms with E-state index in [1.54, 1.807) is 0 Å². The van der Waals surface area contributed by atoms with Gasteiger partial charge in [-0.1, -0.05) is 11.6 Å². The minimum Gasteiger partial charge on any atom is -0.481 e. The van der Waals surface area contributed by atoms with Crippen LogP contribution in [0.25, 0.3) is 10.9 Å². The number of hydrogen-bond acceptors (Lipinski definition) is 7. The molecule has 2 aromatic carbocycles. The van der Waals surface area contributed by atoms with E-state index in [2.05, 4.69) is 36.5 Å². The molecule has 0 bridgehead atoms. The van der Waals surface area contributed by atoms with E-state index in [0.717, 1.165) is 6.07 Å². The molecule has 1 aliphatic rings. The van der Waals surface area contributed by atoms with Crippen LogP contribution in [0.5, 0.6) is 0 Å². The molecular weight excluding hydrogens is 581 g/mol. The highest BCUT2D eigenvalue weighted by Gasteiger charge is 2.36. The zero-order valence-electron chi connectivity index (χ0n) is 20.7. The predicted molar refractivity (Wildman–Crippen MR) is 137 cm³/mol. The quantitative estimate of drug-likeness (QED) is 0.216. The van der Waals surface area contributed by atoms with E-state index in [9.17, 15) is 41.4 Å². The van der Waals surface area contributed by atoms with Crippen molar-refractivity contribution in [2.75, 3.05) is 25.0 Å². The molecule has 2 amide bonds. The molecule has 0 saturated heterocycles. The summed E-state index contributed by atoms with van der Waals surface area (Å²) in [6, 6.07) is 2.50. The summed E-state index contributed by atoms with van der Waals surface area (Å²) in [7, 11) is 0. The minimum atomic E-state index is -5.13. The topological polar surface area (TPSA) is 161 Å². The molecule has 0 fully saturated rings. The first-order valence-electron chi connectivity index (χ1n) is 11.8. The standard InChI is InChI=1S/C24H21ClF5N7O4/c25-15-2-10(1-14(21(15)27)24(28,29)30)16(5-20(39)40)35-19(38)9-31-22(41)11-3-17(13-8-34-37-18(13)4-11)36-23-32-6-12(26)7-33-23/h1-4,8,12,16H,5-7,9H2,(H,31,41)(H,34,37)(H,35,38)(H,39,40)(H2,32,33,36). The summed E-state index contributed by atoms with van der Waals surface area (Å²) in [4.78, 5) is 40.8. The molecule has 0 spiro atoms. The van der Waals surface area contributed by atoms with Crippen molar-refractivity contribution in [3.05, 3.63) is 58.0 Å². The van der Waals surface area contributed by atoms with Gasteiger partial charge in [-0.2, -0.15) is 18.3 Å². The van der Waals surface area contributed by atoms with Crippen LogP contribution < -0.4 is 21.3 Å². The molecular formula is C24H21ClF5N7O4. The number of nitrogens with one attached hydrogen (secondary N) is 5. The number of guanidine groups is 1. The van der Waals surface area contributed by atoms with Crippen LogP contribution in [0.1, 0.15) is 33.9 Å². The average molecular weight is 602 g/mol. The zero-order valence-corrected chi connectivity index (χ0v) is 21.5. The first kappa shape index (κ1) is 29.5. The number of alkyl halides is 4. The Balaban J connectivity index is 1.48. The lowest BCUT2D eigenvalue weighted by molar-refractivity contribution is -0.140. The van der Waals surface area contributed by atoms with Gasteiger partial charge in [0, 0.05) is 10.9 Å². The lowest BCUT2D eigenvalue weighted by Crippen LogP contribution is -2.41. The summed E-state index contributed by atoms with van der Waals surface area (Å²) < 4.78 is 67.0. The third-order valence-electron chi connectivity index (χ3n) is 5.89. The number of amides is 2. The fourth-order valence-corrected chi connectivity index (χ4v) is 4.20. The zero-order chi connectivity index (χ0) is 29.9. The van der Waals surface area contributed by atoms with Gasteiger partial charge in [0.2, 0.25) is 5.91 Å². The number of H-pyrrole nitrogens is 1. The van der Waals surface area contributed by atoms with Gasteiger partial charge in [0.05, 0.1) is 60.1 Å². The van der Waals surface area contributed by atoms with E-state index in [1.165, 1.54) is 18.3 Å². The van der Waals surface area contributed by atoms with Crippen LogP contribution in [0.2, 0.25) is 5.02 Å². The van der Waals surface area contributed by atoms with E-state index < -0.39 is 71.1 Å². The first-order chi connectivity index (χ1) is 19.3. The number of carbonyl (C=O) groups is 3. The Morgan fingerprint density at radius 3 is 2.61 bits per heavy atom. The van der Waals surface area contributed by atoms with Gasteiger partial charge >= 0.3 is 12.1 Å². The number of aromatic nitrogens is 2.